The van der Waals surface area contributed by atoms with Gasteiger partial charge in [0.25, 0.3) is 0 Å². The molecule has 2 rings (SSSR count). The van der Waals surface area contributed by atoms with Gasteiger partial charge in [0.15, 0.2) is 0 Å². The molecule has 0 aliphatic carbocycles. The molecule has 18 heavy (non-hydrogen) atoms. The third kappa shape index (κ3) is 3.62. The van der Waals surface area contributed by atoms with Crippen molar-refractivity contribution in [3.8, 4) is 5.75 Å². The molecule has 4 heteroatoms. The van der Waals surface area contributed by atoms with Crippen molar-refractivity contribution in [2.75, 3.05) is 58.3 Å². The Balaban J connectivity index is 1.84. The first-order chi connectivity index (χ1) is 8.79. The fourth-order valence-electron chi connectivity index (χ4n) is 2.20. The molecule has 4 nitrogen and oxygen atoms in total. The molecule has 1 saturated heterocycles. The third-order valence-electron chi connectivity index (χ3n) is 3.46. The maximum absolute atomic E-state index is 5.25. The molecule has 0 amide bonds. The van der Waals surface area contributed by atoms with Gasteiger partial charge >= 0.3 is 0 Å². The first-order valence-electron chi connectivity index (χ1n) is 6.58. The van der Waals surface area contributed by atoms with Crippen LogP contribution in [0.5, 0.6) is 5.75 Å². The molecule has 1 heterocycles. The second kappa shape index (κ2) is 6.61. The summed E-state index contributed by atoms with van der Waals surface area (Å²) in [5, 5.41) is 3.38. The van der Waals surface area contributed by atoms with Crippen LogP contribution in [0.2, 0.25) is 0 Å². The lowest BCUT2D eigenvalue weighted by molar-refractivity contribution is 0.246. The van der Waals surface area contributed by atoms with Gasteiger partial charge in [-0.1, -0.05) is 6.07 Å². The van der Waals surface area contributed by atoms with Gasteiger partial charge in [0, 0.05) is 58.1 Å². The number of ether oxygens (including phenoxy) is 1. The summed E-state index contributed by atoms with van der Waals surface area (Å²) in [7, 11) is 3.84. The van der Waals surface area contributed by atoms with E-state index in [4.69, 9.17) is 4.74 Å². The first-order valence-corrected chi connectivity index (χ1v) is 6.58. The predicted octanol–water partition coefficient (Wildman–Crippen LogP) is 1.04. The highest BCUT2D eigenvalue weighted by Gasteiger charge is 2.10. The van der Waals surface area contributed by atoms with Crippen molar-refractivity contribution in [2.45, 2.75) is 0 Å². The van der Waals surface area contributed by atoms with E-state index in [9.17, 15) is 0 Å². The number of hydrogen-bond acceptors (Lipinski definition) is 4. The van der Waals surface area contributed by atoms with Crippen LogP contribution in [-0.4, -0.2) is 58.3 Å². The third-order valence-corrected chi connectivity index (χ3v) is 3.46. The fraction of sp³-hybridized carbons (Fsp3) is 0.571. The summed E-state index contributed by atoms with van der Waals surface area (Å²) in [6.45, 7) is 6.71. The van der Waals surface area contributed by atoms with E-state index >= 15 is 0 Å². The van der Waals surface area contributed by atoms with Gasteiger partial charge in [-0.25, -0.2) is 0 Å². The van der Waals surface area contributed by atoms with E-state index in [1.54, 1.807) is 7.11 Å². The van der Waals surface area contributed by atoms with Crippen LogP contribution in [0.4, 0.5) is 5.69 Å². The molecule has 1 aromatic rings. The zero-order valence-corrected chi connectivity index (χ0v) is 11.4. The molecule has 0 aromatic heterocycles. The second-order valence-electron chi connectivity index (χ2n) is 4.71. The van der Waals surface area contributed by atoms with Gasteiger partial charge in [0.1, 0.15) is 5.75 Å². The Morgan fingerprint density at radius 2 is 2.11 bits per heavy atom. The summed E-state index contributed by atoms with van der Waals surface area (Å²) in [5.74, 6) is 0.918. The Labute approximate surface area is 110 Å². The fourth-order valence-corrected chi connectivity index (χ4v) is 2.20. The van der Waals surface area contributed by atoms with E-state index < -0.39 is 0 Å². The summed E-state index contributed by atoms with van der Waals surface area (Å²) in [5.41, 5.74) is 1.21. The van der Waals surface area contributed by atoms with E-state index in [1.807, 2.05) is 12.1 Å². The van der Waals surface area contributed by atoms with Crippen LogP contribution < -0.4 is 15.0 Å². The number of likely N-dealkylation sites (N-methyl/N-ethyl adjacent to an activating group) is 1. The highest BCUT2D eigenvalue weighted by molar-refractivity contribution is 5.50. The van der Waals surface area contributed by atoms with Crippen LogP contribution in [0.1, 0.15) is 0 Å². The lowest BCUT2D eigenvalue weighted by Crippen LogP contribution is -2.46. The van der Waals surface area contributed by atoms with Gasteiger partial charge in [-0.05, 0) is 12.1 Å². The smallest absolute Gasteiger partial charge is 0.120 e. The van der Waals surface area contributed by atoms with E-state index in [0.29, 0.717) is 0 Å². The standard InChI is InChI=1S/C14H23N3O/c1-16(10-11-17-8-6-15-7-9-17)13-4-3-5-14(12-13)18-2/h3-5,12,15H,6-11H2,1-2H3. The molecule has 1 aliphatic rings. The number of benzene rings is 1. The van der Waals surface area contributed by atoms with Crippen molar-refractivity contribution >= 4 is 5.69 Å². The lowest BCUT2D eigenvalue weighted by atomic mass is 10.2. The summed E-state index contributed by atoms with van der Waals surface area (Å²) >= 11 is 0. The van der Waals surface area contributed by atoms with Gasteiger partial charge in [-0.2, -0.15) is 0 Å². The van der Waals surface area contributed by atoms with Crippen molar-refractivity contribution in [3.63, 3.8) is 0 Å². The highest BCUT2D eigenvalue weighted by Crippen LogP contribution is 2.19. The molecule has 0 radical (unpaired) electrons. The number of anilines is 1. The largest absolute Gasteiger partial charge is 0.497 e. The molecule has 0 unspecified atom stereocenters. The van der Waals surface area contributed by atoms with E-state index in [1.165, 1.54) is 5.69 Å². The number of nitrogens with one attached hydrogen (secondary N) is 1. The van der Waals surface area contributed by atoms with Crippen LogP contribution in [0, 0.1) is 0 Å². The van der Waals surface area contributed by atoms with Gasteiger partial charge in [-0.15, -0.1) is 0 Å². The normalized spacial score (nSPS) is 16.6. The topological polar surface area (TPSA) is 27.7 Å². The molecule has 100 valence electrons. The molecule has 0 spiro atoms. The average Bonchev–Trinajstić information content (AvgIpc) is 2.46. The van der Waals surface area contributed by atoms with Gasteiger partial charge in [0.2, 0.25) is 0 Å². The molecule has 0 bridgehead atoms. The predicted molar refractivity (Wildman–Crippen MR) is 75.6 cm³/mol. The second-order valence-corrected chi connectivity index (χ2v) is 4.71. The Kier molecular flexibility index (Phi) is 4.84. The maximum Gasteiger partial charge on any atom is 0.120 e. The summed E-state index contributed by atoms with van der Waals surface area (Å²) < 4.78 is 5.25. The van der Waals surface area contributed by atoms with Crippen molar-refractivity contribution < 1.29 is 4.74 Å². The van der Waals surface area contributed by atoms with Crippen LogP contribution >= 0.6 is 0 Å². The summed E-state index contributed by atoms with van der Waals surface area (Å²) in [6.07, 6.45) is 0. The minimum absolute atomic E-state index is 0.918. The zero-order valence-electron chi connectivity index (χ0n) is 11.4. The first kappa shape index (κ1) is 13.2. The lowest BCUT2D eigenvalue weighted by Gasteiger charge is -2.29. The minimum Gasteiger partial charge on any atom is -0.497 e. The van der Waals surface area contributed by atoms with E-state index in [0.717, 1.165) is 45.0 Å². The van der Waals surface area contributed by atoms with Crippen molar-refractivity contribution in [2.24, 2.45) is 0 Å². The summed E-state index contributed by atoms with van der Waals surface area (Å²) in [4.78, 5) is 4.79. The van der Waals surface area contributed by atoms with Crippen molar-refractivity contribution in [1.82, 2.24) is 10.2 Å². The van der Waals surface area contributed by atoms with Crippen LogP contribution in [0.15, 0.2) is 24.3 Å². The Bertz CT molecular complexity index is 364. The zero-order chi connectivity index (χ0) is 12.8. The number of methoxy groups -OCH3 is 1. The highest BCUT2D eigenvalue weighted by atomic mass is 16.5. The maximum atomic E-state index is 5.25. The van der Waals surface area contributed by atoms with Crippen LogP contribution in [0.3, 0.4) is 0 Å². The molecule has 1 fully saturated rings. The molecule has 0 atom stereocenters. The quantitative estimate of drug-likeness (QED) is 0.844. The molecule has 1 aromatic carbocycles. The molecule has 0 saturated carbocycles. The van der Waals surface area contributed by atoms with E-state index in [2.05, 4.69) is 34.3 Å². The van der Waals surface area contributed by atoms with Gasteiger partial charge in [0.05, 0.1) is 7.11 Å². The van der Waals surface area contributed by atoms with E-state index in [-0.39, 0.29) is 0 Å². The molecule has 1 aliphatic heterocycles. The monoisotopic (exact) mass is 249 g/mol. The molecular weight excluding hydrogens is 226 g/mol. The van der Waals surface area contributed by atoms with Crippen molar-refractivity contribution in [3.05, 3.63) is 24.3 Å². The SMILES string of the molecule is COc1cccc(N(C)CCN2CCNCC2)c1. The number of piperazine rings is 1. The minimum atomic E-state index is 0.918. The Morgan fingerprint density at radius 1 is 1.33 bits per heavy atom. The van der Waals surface area contributed by atoms with Gasteiger partial charge in [-0.3, -0.25) is 4.90 Å². The van der Waals surface area contributed by atoms with Crippen LogP contribution in [0.25, 0.3) is 0 Å². The Hall–Kier alpha value is -1.26. The van der Waals surface area contributed by atoms with Crippen LogP contribution in [-0.2, 0) is 0 Å². The Morgan fingerprint density at radius 3 is 2.83 bits per heavy atom. The summed E-state index contributed by atoms with van der Waals surface area (Å²) in [6, 6.07) is 8.22. The molecular formula is C14H23N3O. The average molecular weight is 249 g/mol. The number of nitrogens with zero attached hydrogens (tertiary/aromatic N) is 2. The van der Waals surface area contributed by atoms with Crippen molar-refractivity contribution in [1.29, 1.82) is 0 Å². The van der Waals surface area contributed by atoms with Gasteiger partial charge < -0.3 is 15.0 Å². The number of rotatable bonds is 5. The number of hydrogen-bond donors (Lipinski definition) is 1. The molecule has 1 N–H and O–H groups in total.